The Morgan fingerprint density at radius 2 is 1.72 bits per heavy atom. The molecule has 0 aromatic rings. The minimum Gasteiger partial charge on any atom is -0.356 e. The van der Waals surface area contributed by atoms with Crippen LogP contribution in [0.3, 0.4) is 0 Å². The summed E-state index contributed by atoms with van der Waals surface area (Å²) < 4.78 is 37.1. The van der Waals surface area contributed by atoms with Gasteiger partial charge < -0.3 is 10.6 Å². The molecule has 0 spiro atoms. The van der Waals surface area contributed by atoms with E-state index in [9.17, 15) is 13.2 Å². The van der Waals surface area contributed by atoms with Crippen molar-refractivity contribution in [1.82, 2.24) is 15.5 Å². The Balaban J connectivity index is 0.00000576. The Morgan fingerprint density at radius 3 is 2.28 bits per heavy atom. The van der Waals surface area contributed by atoms with Crippen LogP contribution >= 0.6 is 24.0 Å². The zero-order valence-corrected chi connectivity index (χ0v) is 17.8. The van der Waals surface area contributed by atoms with Crippen molar-refractivity contribution < 1.29 is 13.2 Å². The van der Waals surface area contributed by atoms with Crippen LogP contribution in [0.5, 0.6) is 0 Å². The number of hydrogen-bond donors (Lipinski definition) is 2. The fourth-order valence-electron chi connectivity index (χ4n) is 3.06. The molecule has 0 radical (unpaired) electrons. The van der Waals surface area contributed by atoms with Crippen LogP contribution in [0, 0.1) is 5.92 Å². The average Bonchev–Trinajstić information content (AvgIpc) is 2.53. The van der Waals surface area contributed by atoms with Crippen LogP contribution in [0.1, 0.15) is 51.9 Å². The summed E-state index contributed by atoms with van der Waals surface area (Å²) in [5, 5.41) is 6.61. The maximum Gasteiger partial charge on any atom is 0.401 e. The third kappa shape index (κ3) is 12.7. The zero-order chi connectivity index (χ0) is 17.8. The van der Waals surface area contributed by atoms with E-state index >= 15 is 0 Å². The van der Waals surface area contributed by atoms with E-state index in [0.717, 1.165) is 44.7 Å². The molecule has 4 nitrogen and oxygen atoms in total. The van der Waals surface area contributed by atoms with Crippen molar-refractivity contribution in [3.05, 3.63) is 0 Å². The van der Waals surface area contributed by atoms with Crippen LogP contribution in [0.4, 0.5) is 13.2 Å². The molecule has 0 atom stereocenters. The van der Waals surface area contributed by atoms with Crippen molar-refractivity contribution in [2.45, 2.75) is 58.0 Å². The number of halogens is 4. The summed E-state index contributed by atoms with van der Waals surface area (Å²) in [5.41, 5.74) is 0. The van der Waals surface area contributed by atoms with E-state index in [4.69, 9.17) is 0 Å². The van der Waals surface area contributed by atoms with Gasteiger partial charge in [-0.05, 0) is 44.7 Å². The van der Waals surface area contributed by atoms with Crippen LogP contribution in [0.15, 0.2) is 4.99 Å². The van der Waals surface area contributed by atoms with Gasteiger partial charge in [-0.25, -0.2) is 0 Å². The largest absolute Gasteiger partial charge is 0.401 e. The van der Waals surface area contributed by atoms with Gasteiger partial charge in [0.25, 0.3) is 0 Å². The lowest BCUT2D eigenvalue weighted by molar-refractivity contribution is -0.148. The van der Waals surface area contributed by atoms with E-state index in [0.29, 0.717) is 19.0 Å². The number of likely N-dealkylation sites (tertiary alicyclic amines) is 1. The van der Waals surface area contributed by atoms with Gasteiger partial charge in [0.05, 0.1) is 6.54 Å². The monoisotopic (exact) mass is 478 g/mol. The van der Waals surface area contributed by atoms with Crippen molar-refractivity contribution >= 4 is 29.9 Å². The molecule has 0 aliphatic carbocycles. The molecule has 1 aliphatic heterocycles. The lowest BCUT2D eigenvalue weighted by Gasteiger charge is -2.32. The molecular weight excluding hydrogens is 444 g/mol. The number of hydrogen-bond acceptors (Lipinski definition) is 2. The van der Waals surface area contributed by atoms with Gasteiger partial charge in [-0.1, -0.05) is 26.2 Å². The second-order valence-electron chi connectivity index (χ2n) is 6.61. The van der Waals surface area contributed by atoms with E-state index in [2.05, 4.69) is 22.5 Å². The van der Waals surface area contributed by atoms with Gasteiger partial charge in [0, 0.05) is 20.1 Å². The van der Waals surface area contributed by atoms with Crippen molar-refractivity contribution in [3.8, 4) is 0 Å². The highest BCUT2D eigenvalue weighted by molar-refractivity contribution is 14.0. The Labute approximate surface area is 167 Å². The van der Waals surface area contributed by atoms with E-state index in [1.165, 1.54) is 24.2 Å². The minimum absolute atomic E-state index is 0. The third-order valence-corrected chi connectivity index (χ3v) is 4.50. The van der Waals surface area contributed by atoms with Crippen molar-refractivity contribution in [2.75, 3.05) is 39.8 Å². The van der Waals surface area contributed by atoms with Gasteiger partial charge in [0.15, 0.2) is 5.96 Å². The number of piperidine rings is 1. The molecule has 8 heteroatoms. The van der Waals surface area contributed by atoms with Crippen LogP contribution in [-0.4, -0.2) is 56.8 Å². The van der Waals surface area contributed by atoms with Crippen LogP contribution in [0.2, 0.25) is 0 Å². The standard InChI is InChI=1S/C17H33F3N4.HI/c1-3-4-5-6-10-22-16(21-2)23-11-7-15-8-12-24(13-9-15)14-17(18,19)20;/h15H,3-14H2,1-2H3,(H2,21,22,23);1H. The molecular formula is C17H34F3IN4. The van der Waals surface area contributed by atoms with E-state index in [-0.39, 0.29) is 24.0 Å². The molecule has 1 heterocycles. The van der Waals surface area contributed by atoms with Gasteiger partial charge in [0.1, 0.15) is 0 Å². The number of aliphatic imine (C=N–C) groups is 1. The quantitative estimate of drug-likeness (QED) is 0.228. The van der Waals surface area contributed by atoms with Gasteiger partial charge >= 0.3 is 6.18 Å². The molecule has 0 amide bonds. The third-order valence-electron chi connectivity index (χ3n) is 4.50. The summed E-state index contributed by atoms with van der Waals surface area (Å²) >= 11 is 0. The summed E-state index contributed by atoms with van der Waals surface area (Å²) in [5.74, 6) is 1.32. The second-order valence-corrected chi connectivity index (χ2v) is 6.61. The van der Waals surface area contributed by atoms with Crippen LogP contribution in [0.25, 0.3) is 0 Å². The summed E-state index contributed by atoms with van der Waals surface area (Å²) in [6.07, 6.45) is 3.47. The summed E-state index contributed by atoms with van der Waals surface area (Å²) in [6.45, 7) is 4.27. The molecule has 1 fully saturated rings. The molecule has 150 valence electrons. The first kappa shape index (κ1) is 24.8. The number of unbranched alkanes of at least 4 members (excludes halogenated alkanes) is 3. The highest BCUT2D eigenvalue weighted by atomic mass is 127. The van der Waals surface area contributed by atoms with E-state index in [1.54, 1.807) is 7.05 Å². The molecule has 2 N–H and O–H groups in total. The lowest BCUT2D eigenvalue weighted by atomic mass is 9.93. The summed E-state index contributed by atoms with van der Waals surface area (Å²) in [6, 6.07) is 0. The average molecular weight is 478 g/mol. The molecule has 1 aliphatic rings. The molecule has 0 aromatic heterocycles. The molecule has 0 saturated carbocycles. The van der Waals surface area contributed by atoms with Crippen LogP contribution in [-0.2, 0) is 0 Å². The number of alkyl halides is 3. The Kier molecular flexibility index (Phi) is 13.7. The highest BCUT2D eigenvalue weighted by Crippen LogP contribution is 2.23. The fraction of sp³-hybridized carbons (Fsp3) is 0.941. The first-order chi connectivity index (χ1) is 11.4. The first-order valence-electron chi connectivity index (χ1n) is 9.18. The van der Waals surface area contributed by atoms with Crippen molar-refractivity contribution in [1.29, 1.82) is 0 Å². The number of nitrogens with zero attached hydrogens (tertiary/aromatic N) is 2. The summed E-state index contributed by atoms with van der Waals surface area (Å²) in [4.78, 5) is 5.72. The lowest BCUT2D eigenvalue weighted by Crippen LogP contribution is -2.41. The second kappa shape index (κ2) is 13.9. The van der Waals surface area contributed by atoms with Crippen LogP contribution < -0.4 is 10.6 Å². The van der Waals surface area contributed by atoms with Gasteiger partial charge in [-0.15, -0.1) is 24.0 Å². The zero-order valence-electron chi connectivity index (χ0n) is 15.5. The topological polar surface area (TPSA) is 39.7 Å². The van der Waals surface area contributed by atoms with Gasteiger partial charge in [-0.2, -0.15) is 13.2 Å². The fourth-order valence-corrected chi connectivity index (χ4v) is 3.06. The van der Waals surface area contributed by atoms with Crippen molar-refractivity contribution in [3.63, 3.8) is 0 Å². The molecule has 25 heavy (non-hydrogen) atoms. The molecule has 1 saturated heterocycles. The van der Waals surface area contributed by atoms with Crippen molar-refractivity contribution in [2.24, 2.45) is 10.9 Å². The predicted octanol–water partition coefficient (Wildman–Crippen LogP) is 4.01. The maximum atomic E-state index is 12.4. The Bertz CT molecular complexity index is 356. The Hall–Kier alpha value is -0.250. The highest BCUT2D eigenvalue weighted by Gasteiger charge is 2.32. The Morgan fingerprint density at radius 1 is 1.08 bits per heavy atom. The van der Waals surface area contributed by atoms with E-state index in [1.807, 2.05) is 0 Å². The summed E-state index contributed by atoms with van der Waals surface area (Å²) in [7, 11) is 1.76. The molecule has 0 unspecified atom stereocenters. The van der Waals surface area contributed by atoms with E-state index < -0.39 is 12.7 Å². The maximum absolute atomic E-state index is 12.4. The molecule has 1 rings (SSSR count). The smallest absolute Gasteiger partial charge is 0.356 e. The normalized spacial score (nSPS) is 17.2. The first-order valence-corrected chi connectivity index (χ1v) is 9.18. The van der Waals surface area contributed by atoms with Gasteiger partial charge in [-0.3, -0.25) is 9.89 Å². The minimum atomic E-state index is -4.08. The number of nitrogens with one attached hydrogen (secondary N) is 2. The molecule has 0 bridgehead atoms. The predicted molar refractivity (Wildman–Crippen MR) is 109 cm³/mol. The number of rotatable bonds is 9. The molecule has 0 aromatic carbocycles. The van der Waals surface area contributed by atoms with Gasteiger partial charge in [0.2, 0.25) is 0 Å². The number of guanidine groups is 1. The SMILES string of the molecule is CCCCCCNC(=NC)NCCC1CCN(CC(F)(F)F)CC1.I.